The zero-order valence-electron chi connectivity index (χ0n) is 12.3. The van der Waals surface area contributed by atoms with Crippen LogP contribution in [0.5, 0.6) is 0 Å². The van der Waals surface area contributed by atoms with E-state index in [2.05, 4.69) is 27.6 Å². The van der Waals surface area contributed by atoms with E-state index >= 15 is 0 Å². The summed E-state index contributed by atoms with van der Waals surface area (Å²) in [4.78, 5) is 9.02. The highest BCUT2D eigenvalue weighted by molar-refractivity contribution is 5.57. The number of nitrogens with two attached hydrogens (primary N) is 1. The molecule has 1 saturated carbocycles. The van der Waals surface area contributed by atoms with Gasteiger partial charge in [0.2, 0.25) is 0 Å². The Morgan fingerprint density at radius 2 is 2.05 bits per heavy atom. The maximum Gasteiger partial charge on any atom is 0.148 e. The number of aliphatic hydroxyl groups excluding tert-OH is 1. The van der Waals surface area contributed by atoms with Gasteiger partial charge >= 0.3 is 0 Å². The van der Waals surface area contributed by atoms with Crippen LogP contribution in [0.2, 0.25) is 0 Å². The minimum atomic E-state index is 0.228. The largest absolute Gasteiger partial charge is 0.396 e. The van der Waals surface area contributed by atoms with Crippen molar-refractivity contribution in [2.75, 3.05) is 17.3 Å². The summed E-state index contributed by atoms with van der Waals surface area (Å²) in [6.07, 6.45) is 5.12. The SMILES string of the molecule is CCCc1nc(NN)c(C)c(NC2CCCC2CO)n1. The number of aromatic nitrogens is 2. The standard InChI is InChI=1S/C14H25N5O/c1-3-5-12-17-13(9(2)14(18-12)19-15)16-11-7-4-6-10(11)8-20/h10-11,20H,3-8,15H2,1-2H3,(H2,16,17,18,19). The molecule has 2 atom stereocenters. The highest BCUT2D eigenvalue weighted by Crippen LogP contribution is 2.29. The molecular formula is C14H25N5O. The van der Waals surface area contributed by atoms with Crippen LogP contribution < -0.4 is 16.6 Å². The highest BCUT2D eigenvalue weighted by Gasteiger charge is 2.27. The molecule has 1 aromatic rings. The first-order valence-electron chi connectivity index (χ1n) is 7.41. The number of nitrogens with zero attached hydrogens (tertiary/aromatic N) is 2. The van der Waals surface area contributed by atoms with Crippen molar-refractivity contribution < 1.29 is 5.11 Å². The van der Waals surface area contributed by atoms with Gasteiger partial charge in [-0.3, -0.25) is 0 Å². The Hall–Kier alpha value is -1.40. The van der Waals surface area contributed by atoms with Crippen molar-refractivity contribution in [1.29, 1.82) is 0 Å². The minimum absolute atomic E-state index is 0.228. The summed E-state index contributed by atoms with van der Waals surface area (Å²) in [6.45, 7) is 4.28. The van der Waals surface area contributed by atoms with Crippen LogP contribution in [0.3, 0.4) is 0 Å². The highest BCUT2D eigenvalue weighted by atomic mass is 16.3. The van der Waals surface area contributed by atoms with Crippen molar-refractivity contribution >= 4 is 11.6 Å². The van der Waals surface area contributed by atoms with Crippen molar-refractivity contribution in [2.45, 2.75) is 52.0 Å². The Balaban J connectivity index is 2.23. The Morgan fingerprint density at radius 1 is 1.30 bits per heavy atom. The van der Waals surface area contributed by atoms with E-state index in [9.17, 15) is 5.11 Å². The van der Waals surface area contributed by atoms with E-state index in [1.807, 2.05) is 6.92 Å². The molecule has 20 heavy (non-hydrogen) atoms. The van der Waals surface area contributed by atoms with Gasteiger partial charge in [-0.2, -0.15) is 0 Å². The lowest BCUT2D eigenvalue weighted by atomic mass is 10.0. The maximum absolute atomic E-state index is 9.42. The van der Waals surface area contributed by atoms with Gasteiger partial charge in [-0.25, -0.2) is 15.8 Å². The fraction of sp³-hybridized carbons (Fsp3) is 0.714. The molecule has 1 aliphatic rings. The van der Waals surface area contributed by atoms with Crippen LogP contribution in [0.25, 0.3) is 0 Å². The van der Waals surface area contributed by atoms with Crippen LogP contribution >= 0.6 is 0 Å². The Morgan fingerprint density at radius 3 is 2.70 bits per heavy atom. The summed E-state index contributed by atoms with van der Waals surface area (Å²) in [5.74, 6) is 8.16. The summed E-state index contributed by atoms with van der Waals surface area (Å²) in [6, 6.07) is 0.286. The number of hydrogen-bond acceptors (Lipinski definition) is 6. The lowest BCUT2D eigenvalue weighted by molar-refractivity contribution is 0.222. The van der Waals surface area contributed by atoms with E-state index in [-0.39, 0.29) is 12.6 Å². The first kappa shape index (κ1) is 15.0. The third kappa shape index (κ3) is 3.19. The molecule has 1 aliphatic carbocycles. The lowest BCUT2D eigenvalue weighted by Gasteiger charge is -2.22. The fourth-order valence-corrected chi connectivity index (χ4v) is 2.80. The molecular weight excluding hydrogens is 254 g/mol. The van der Waals surface area contributed by atoms with Gasteiger partial charge in [-0.1, -0.05) is 13.3 Å². The second kappa shape index (κ2) is 6.85. The third-order valence-electron chi connectivity index (χ3n) is 4.02. The van der Waals surface area contributed by atoms with Crippen molar-refractivity contribution in [3.8, 4) is 0 Å². The average Bonchev–Trinajstić information content (AvgIpc) is 2.89. The molecule has 1 heterocycles. The van der Waals surface area contributed by atoms with E-state index in [4.69, 9.17) is 5.84 Å². The first-order valence-corrected chi connectivity index (χ1v) is 7.41. The number of aryl methyl sites for hydroxylation is 1. The Bertz CT molecular complexity index is 451. The van der Waals surface area contributed by atoms with Gasteiger partial charge in [0.1, 0.15) is 17.5 Å². The quantitative estimate of drug-likeness (QED) is 0.466. The second-order valence-corrected chi connectivity index (χ2v) is 5.48. The van der Waals surface area contributed by atoms with Crippen LogP contribution in [0.1, 0.15) is 44.0 Å². The predicted molar refractivity (Wildman–Crippen MR) is 80.4 cm³/mol. The molecule has 1 fully saturated rings. The molecule has 0 amide bonds. The van der Waals surface area contributed by atoms with Crippen LogP contribution in [0.15, 0.2) is 0 Å². The van der Waals surface area contributed by atoms with Crippen molar-refractivity contribution in [1.82, 2.24) is 9.97 Å². The normalized spacial score (nSPS) is 22.0. The summed E-state index contributed by atoms with van der Waals surface area (Å²) >= 11 is 0. The first-order chi connectivity index (χ1) is 9.69. The van der Waals surface area contributed by atoms with Crippen molar-refractivity contribution in [2.24, 2.45) is 11.8 Å². The summed E-state index contributed by atoms with van der Waals surface area (Å²) in [5, 5.41) is 12.9. The van der Waals surface area contributed by atoms with Gasteiger partial charge in [-0.15, -0.1) is 0 Å². The van der Waals surface area contributed by atoms with E-state index in [1.165, 1.54) is 0 Å². The fourth-order valence-electron chi connectivity index (χ4n) is 2.80. The minimum Gasteiger partial charge on any atom is -0.396 e. The zero-order valence-corrected chi connectivity index (χ0v) is 12.3. The van der Waals surface area contributed by atoms with Gasteiger partial charge in [-0.05, 0) is 26.2 Å². The molecule has 2 rings (SSSR count). The van der Waals surface area contributed by atoms with Gasteiger partial charge in [0.15, 0.2) is 0 Å². The Labute approximate surface area is 120 Å². The molecule has 1 aromatic heterocycles. The van der Waals surface area contributed by atoms with Crippen LogP contribution in [0.4, 0.5) is 11.6 Å². The summed E-state index contributed by atoms with van der Waals surface area (Å²) < 4.78 is 0. The Kier molecular flexibility index (Phi) is 5.14. The van der Waals surface area contributed by atoms with Gasteiger partial charge in [0.05, 0.1) is 0 Å². The molecule has 0 spiro atoms. The monoisotopic (exact) mass is 279 g/mol. The topological polar surface area (TPSA) is 96.1 Å². The average molecular weight is 279 g/mol. The number of anilines is 2. The number of nitrogen functional groups attached to an aromatic ring is 1. The lowest BCUT2D eigenvalue weighted by Crippen LogP contribution is -2.28. The predicted octanol–water partition coefficient (Wildman–Crippen LogP) is 1.60. The zero-order chi connectivity index (χ0) is 14.5. The van der Waals surface area contributed by atoms with E-state index in [0.717, 1.165) is 49.3 Å². The number of aliphatic hydroxyl groups is 1. The van der Waals surface area contributed by atoms with Gasteiger partial charge < -0.3 is 15.8 Å². The maximum atomic E-state index is 9.42. The number of nitrogens with one attached hydrogen (secondary N) is 2. The van der Waals surface area contributed by atoms with E-state index < -0.39 is 0 Å². The molecule has 0 bridgehead atoms. The van der Waals surface area contributed by atoms with Crippen LogP contribution in [0, 0.1) is 12.8 Å². The van der Waals surface area contributed by atoms with E-state index in [0.29, 0.717) is 11.7 Å². The smallest absolute Gasteiger partial charge is 0.148 e. The third-order valence-corrected chi connectivity index (χ3v) is 4.02. The molecule has 0 aliphatic heterocycles. The molecule has 2 unspecified atom stereocenters. The summed E-state index contributed by atoms with van der Waals surface area (Å²) in [5.41, 5.74) is 3.57. The van der Waals surface area contributed by atoms with Crippen molar-refractivity contribution in [3.63, 3.8) is 0 Å². The summed E-state index contributed by atoms with van der Waals surface area (Å²) in [7, 11) is 0. The molecule has 0 saturated heterocycles. The number of hydrazine groups is 1. The van der Waals surface area contributed by atoms with Crippen LogP contribution in [-0.4, -0.2) is 27.7 Å². The molecule has 6 nitrogen and oxygen atoms in total. The number of rotatable bonds is 6. The van der Waals surface area contributed by atoms with Gasteiger partial charge in [0, 0.05) is 30.6 Å². The van der Waals surface area contributed by atoms with E-state index in [1.54, 1.807) is 0 Å². The second-order valence-electron chi connectivity index (χ2n) is 5.48. The molecule has 6 heteroatoms. The molecule has 0 radical (unpaired) electrons. The van der Waals surface area contributed by atoms with Crippen LogP contribution in [-0.2, 0) is 6.42 Å². The molecule has 112 valence electrons. The van der Waals surface area contributed by atoms with Crippen molar-refractivity contribution in [3.05, 3.63) is 11.4 Å². The molecule has 5 N–H and O–H groups in total. The molecule has 0 aromatic carbocycles. The number of hydrogen-bond donors (Lipinski definition) is 4. The van der Waals surface area contributed by atoms with Gasteiger partial charge in [0.25, 0.3) is 0 Å².